The van der Waals surface area contributed by atoms with E-state index in [0.29, 0.717) is 24.6 Å². The molecule has 1 aromatic carbocycles. The van der Waals surface area contributed by atoms with Crippen LogP contribution in [0.5, 0.6) is 5.75 Å². The van der Waals surface area contributed by atoms with Crippen molar-refractivity contribution < 1.29 is 9.53 Å². The summed E-state index contributed by atoms with van der Waals surface area (Å²) in [4.78, 5) is 11.6. The van der Waals surface area contributed by atoms with Gasteiger partial charge in [0.15, 0.2) is 0 Å². The van der Waals surface area contributed by atoms with Gasteiger partial charge in [-0.25, -0.2) is 0 Å². The van der Waals surface area contributed by atoms with Crippen molar-refractivity contribution in [3.8, 4) is 5.75 Å². The molecule has 0 spiro atoms. The van der Waals surface area contributed by atoms with Gasteiger partial charge in [0.1, 0.15) is 5.75 Å². The highest BCUT2D eigenvalue weighted by molar-refractivity contribution is 5.75. The molecule has 0 aliphatic carbocycles. The quantitative estimate of drug-likeness (QED) is 0.677. The first kappa shape index (κ1) is 12.9. The normalized spacial score (nSPS) is 10.1. The lowest BCUT2D eigenvalue weighted by atomic mass is 10.3. The summed E-state index contributed by atoms with van der Waals surface area (Å²) in [6, 6.07) is 9.01. The number of carbonyl (C=O) groups excluding carboxylic acids is 1. The number of nitrogens with one attached hydrogen (secondary N) is 2. The number of nitrogen functional groups attached to an aromatic ring is 1. The molecule has 0 saturated carbocycles. The zero-order chi connectivity index (χ0) is 13.5. The Labute approximate surface area is 111 Å². The molecule has 0 saturated heterocycles. The summed E-state index contributed by atoms with van der Waals surface area (Å²) in [6.45, 7) is 0.731. The average molecular weight is 260 g/mol. The molecular formula is C13H16N4O2. The summed E-state index contributed by atoms with van der Waals surface area (Å²) in [5, 5.41) is 9.33. The van der Waals surface area contributed by atoms with Gasteiger partial charge < -0.3 is 15.8 Å². The monoisotopic (exact) mass is 260 g/mol. The Hall–Kier alpha value is -2.50. The molecule has 6 heteroatoms. The Balaban J connectivity index is 1.68. The number of aromatic nitrogens is 2. The molecule has 2 aromatic rings. The van der Waals surface area contributed by atoms with Crippen molar-refractivity contribution in [1.29, 1.82) is 0 Å². The second kappa shape index (κ2) is 6.44. The standard InChI is InChI=1S/C13H16N4O2/c14-11-3-1-2-4-12(11)19-8-6-13(18)15-9-10-5-7-16-17-10/h1-5,7H,6,8-9,14H2,(H,15,18)(H,16,17). The van der Waals surface area contributed by atoms with Gasteiger partial charge in [0.25, 0.3) is 0 Å². The van der Waals surface area contributed by atoms with E-state index in [1.165, 1.54) is 0 Å². The molecule has 4 N–H and O–H groups in total. The fourth-order valence-corrected chi connectivity index (χ4v) is 1.53. The predicted molar refractivity (Wildman–Crippen MR) is 71.4 cm³/mol. The van der Waals surface area contributed by atoms with Crippen molar-refractivity contribution in [1.82, 2.24) is 15.5 Å². The van der Waals surface area contributed by atoms with Crippen LogP contribution in [0, 0.1) is 0 Å². The van der Waals surface area contributed by atoms with Crippen molar-refractivity contribution in [2.24, 2.45) is 0 Å². The number of H-pyrrole nitrogens is 1. The maximum Gasteiger partial charge on any atom is 0.223 e. The van der Waals surface area contributed by atoms with E-state index in [9.17, 15) is 4.79 Å². The summed E-state index contributed by atoms with van der Waals surface area (Å²) in [7, 11) is 0. The molecule has 0 radical (unpaired) electrons. The van der Waals surface area contributed by atoms with Gasteiger partial charge in [-0.15, -0.1) is 0 Å². The molecule has 0 unspecified atom stereocenters. The van der Waals surface area contributed by atoms with Gasteiger partial charge in [0.2, 0.25) is 5.91 Å². The number of nitrogens with zero attached hydrogens (tertiary/aromatic N) is 1. The molecule has 0 aliphatic rings. The summed E-state index contributed by atoms with van der Waals surface area (Å²) in [5.41, 5.74) is 7.16. The molecule has 0 atom stereocenters. The van der Waals surface area contributed by atoms with E-state index in [0.717, 1.165) is 5.69 Å². The first-order valence-electron chi connectivity index (χ1n) is 5.98. The molecule has 100 valence electrons. The Morgan fingerprint density at radius 1 is 1.37 bits per heavy atom. The van der Waals surface area contributed by atoms with Crippen molar-refractivity contribution in [2.75, 3.05) is 12.3 Å². The van der Waals surface area contributed by atoms with Crippen LogP contribution in [-0.4, -0.2) is 22.7 Å². The second-order valence-corrected chi connectivity index (χ2v) is 3.99. The number of hydrogen-bond acceptors (Lipinski definition) is 4. The molecule has 0 fully saturated rings. The molecular weight excluding hydrogens is 244 g/mol. The number of rotatable bonds is 6. The number of carbonyl (C=O) groups is 1. The molecule has 6 nitrogen and oxygen atoms in total. The topological polar surface area (TPSA) is 93.0 Å². The zero-order valence-corrected chi connectivity index (χ0v) is 10.4. The van der Waals surface area contributed by atoms with Crippen molar-refractivity contribution in [2.45, 2.75) is 13.0 Å². The van der Waals surface area contributed by atoms with Crippen LogP contribution >= 0.6 is 0 Å². The smallest absolute Gasteiger partial charge is 0.223 e. The number of para-hydroxylation sites is 2. The van der Waals surface area contributed by atoms with Gasteiger partial charge in [0.05, 0.1) is 31.0 Å². The van der Waals surface area contributed by atoms with Crippen LogP contribution in [0.1, 0.15) is 12.1 Å². The van der Waals surface area contributed by atoms with Crippen molar-refractivity contribution >= 4 is 11.6 Å². The molecule has 1 heterocycles. The lowest BCUT2D eigenvalue weighted by molar-refractivity contribution is -0.121. The van der Waals surface area contributed by atoms with Crippen LogP contribution in [0.15, 0.2) is 36.5 Å². The fraction of sp³-hybridized carbons (Fsp3) is 0.231. The number of aromatic amines is 1. The minimum Gasteiger partial charge on any atom is -0.491 e. The number of ether oxygens (including phenoxy) is 1. The van der Waals surface area contributed by atoms with E-state index >= 15 is 0 Å². The van der Waals surface area contributed by atoms with Gasteiger partial charge >= 0.3 is 0 Å². The van der Waals surface area contributed by atoms with E-state index < -0.39 is 0 Å². The van der Waals surface area contributed by atoms with E-state index in [1.54, 1.807) is 24.4 Å². The Morgan fingerprint density at radius 2 is 2.21 bits per heavy atom. The predicted octanol–water partition coefficient (Wildman–Crippen LogP) is 1.08. The lowest BCUT2D eigenvalue weighted by Crippen LogP contribution is -2.24. The lowest BCUT2D eigenvalue weighted by Gasteiger charge is -2.08. The SMILES string of the molecule is Nc1ccccc1OCCC(=O)NCc1ccn[nH]1. The Morgan fingerprint density at radius 3 is 2.95 bits per heavy atom. The summed E-state index contributed by atoms with van der Waals surface area (Å²) in [5.74, 6) is 0.521. The van der Waals surface area contributed by atoms with Gasteiger partial charge in [-0.3, -0.25) is 9.89 Å². The molecule has 0 aliphatic heterocycles. The summed E-state index contributed by atoms with van der Waals surface area (Å²) >= 11 is 0. The molecule has 0 bridgehead atoms. The van der Waals surface area contributed by atoms with Gasteiger partial charge in [0, 0.05) is 6.20 Å². The third-order valence-corrected chi connectivity index (χ3v) is 2.54. The van der Waals surface area contributed by atoms with E-state index in [-0.39, 0.29) is 12.3 Å². The Bertz CT molecular complexity index is 525. The van der Waals surface area contributed by atoms with Gasteiger partial charge in [-0.05, 0) is 18.2 Å². The zero-order valence-electron chi connectivity index (χ0n) is 10.4. The van der Waals surface area contributed by atoms with Crippen LogP contribution in [0.4, 0.5) is 5.69 Å². The van der Waals surface area contributed by atoms with Crippen LogP contribution in [0.25, 0.3) is 0 Å². The van der Waals surface area contributed by atoms with Gasteiger partial charge in [-0.1, -0.05) is 12.1 Å². The number of benzene rings is 1. The highest BCUT2D eigenvalue weighted by atomic mass is 16.5. The molecule has 1 amide bonds. The molecule has 2 rings (SSSR count). The first-order valence-corrected chi connectivity index (χ1v) is 5.98. The third-order valence-electron chi connectivity index (χ3n) is 2.54. The van der Waals surface area contributed by atoms with E-state index in [2.05, 4.69) is 15.5 Å². The van der Waals surface area contributed by atoms with Gasteiger partial charge in [-0.2, -0.15) is 5.10 Å². The largest absolute Gasteiger partial charge is 0.491 e. The Kier molecular flexibility index (Phi) is 4.39. The molecule has 1 aromatic heterocycles. The van der Waals surface area contributed by atoms with Crippen LogP contribution in [0.3, 0.4) is 0 Å². The van der Waals surface area contributed by atoms with Crippen molar-refractivity contribution in [3.63, 3.8) is 0 Å². The van der Waals surface area contributed by atoms with Crippen LogP contribution in [-0.2, 0) is 11.3 Å². The van der Waals surface area contributed by atoms with E-state index in [1.807, 2.05) is 12.1 Å². The van der Waals surface area contributed by atoms with E-state index in [4.69, 9.17) is 10.5 Å². The maximum absolute atomic E-state index is 11.6. The van der Waals surface area contributed by atoms with Crippen LogP contribution in [0.2, 0.25) is 0 Å². The van der Waals surface area contributed by atoms with Crippen molar-refractivity contribution in [3.05, 3.63) is 42.2 Å². The number of anilines is 1. The minimum absolute atomic E-state index is 0.0795. The highest BCUT2D eigenvalue weighted by Crippen LogP contribution is 2.19. The molecule has 19 heavy (non-hydrogen) atoms. The van der Waals surface area contributed by atoms with Crippen LogP contribution < -0.4 is 15.8 Å². The number of nitrogens with two attached hydrogens (primary N) is 1. The maximum atomic E-state index is 11.6. The summed E-state index contributed by atoms with van der Waals surface area (Å²) < 4.78 is 5.44. The number of amides is 1. The second-order valence-electron chi connectivity index (χ2n) is 3.99. The highest BCUT2D eigenvalue weighted by Gasteiger charge is 2.04. The number of hydrogen-bond donors (Lipinski definition) is 3. The first-order chi connectivity index (χ1) is 9.25. The third kappa shape index (κ3) is 4.02. The minimum atomic E-state index is -0.0795. The average Bonchev–Trinajstić information content (AvgIpc) is 2.92. The fourth-order valence-electron chi connectivity index (χ4n) is 1.53. The summed E-state index contributed by atoms with van der Waals surface area (Å²) in [6.07, 6.45) is 1.92.